The number of anilines is 1. The van der Waals surface area contributed by atoms with Gasteiger partial charge in [0.25, 0.3) is 5.91 Å². The summed E-state index contributed by atoms with van der Waals surface area (Å²) in [7, 11) is 0. The molecule has 2 aromatic rings. The van der Waals surface area contributed by atoms with Gasteiger partial charge in [-0.3, -0.25) is 9.79 Å². The number of aliphatic imine (C=N–C) groups is 1. The second-order valence-corrected chi connectivity index (χ2v) is 7.92. The van der Waals surface area contributed by atoms with E-state index in [1.165, 1.54) is 18.4 Å². The molecule has 2 aromatic carbocycles. The Hall–Kier alpha value is -3.02. The number of nitrogens with one attached hydrogen (secondary N) is 2. The van der Waals surface area contributed by atoms with Gasteiger partial charge in [0.05, 0.1) is 12.2 Å². The Morgan fingerprint density at radius 2 is 1.87 bits per heavy atom. The Bertz CT molecular complexity index is 893. The van der Waals surface area contributed by atoms with E-state index in [-0.39, 0.29) is 17.9 Å². The maximum absolute atomic E-state index is 12.3. The molecule has 30 heavy (non-hydrogen) atoms. The molecule has 0 atom stereocenters. The molecule has 0 aromatic heterocycles. The minimum atomic E-state index is 0.00723. The van der Waals surface area contributed by atoms with Gasteiger partial charge in [0.1, 0.15) is 5.75 Å². The first-order valence-electron chi connectivity index (χ1n) is 10.8. The lowest BCUT2D eigenvalue weighted by Crippen LogP contribution is -2.42. The van der Waals surface area contributed by atoms with Gasteiger partial charge in [-0.05, 0) is 43.9 Å². The molecule has 2 aliphatic rings. The lowest BCUT2D eigenvalue weighted by molar-refractivity contribution is -0.121. The van der Waals surface area contributed by atoms with Crippen molar-refractivity contribution in [2.75, 3.05) is 37.7 Å². The van der Waals surface area contributed by atoms with E-state index >= 15 is 0 Å². The maximum Gasteiger partial charge on any atom is 0.265 e. The van der Waals surface area contributed by atoms with Crippen molar-refractivity contribution in [2.24, 2.45) is 4.99 Å². The van der Waals surface area contributed by atoms with Crippen LogP contribution in [0.2, 0.25) is 0 Å². The molecule has 158 valence electrons. The second-order valence-electron chi connectivity index (χ2n) is 7.92. The van der Waals surface area contributed by atoms with Crippen LogP contribution < -0.4 is 20.3 Å². The standard InChI is InChI=1S/C24H30N4O2/c1-2-25-23(27-18-24(13-14-24)19-9-4-3-5-10-19)26-15-8-16-28-20-11-6-7-12-21(20)30-17-22(28)29/h3-7,9-12H,2,8,13-18H2,1H3,(H2,25,26,27). The summed E-state index contributed by atoms with van der Waals surface area (Å²) in [4.78, 5) is 19.0. The quantitative estimate of drug-likeness (QED) is 0.402. The van der Waals surface area contributed by atoms with Crippen LogP contribution in [0.4, 0.5) is 5.69 Å². The van der Waals surface area contributed by atoms with Gasteiger partial charge >= 0.3 is 0 Å². The number of amides is 1. The van der Waals surface area contributed by atoms with E-state index in [1.807, 2.05) is 29.2 Å². The predicted molar refractivity (Wildman–Crippen MR) is 120 cm³/mol. The zero-order chi connectivity index (χ0) is 20.8. The van der Waals surface area contributed by atoms with Crippen molar-refractivity contribution in [1.29, 1.82) is 0 Å². The molecular formula is C24H30N4O2. The van der Waals surface area contributed by atoms with Crippen LogP contribution in [-0.4, -0.2) is 44.7 Å². The van der Waals surface area contributed by atoms with E-state index in [9.17, 15) is 4.79 Å². The predicted octanol–water partition coefficient (Wildman–Crippen LogP) is 3.09. The molecule has 6 heteroatoms. The summed E-state index contributed by atoms with van der Waals surface area (Å²) in [5, 5.41) is 6.76. The molecule has 1 amide bonds. The Kier molecular flexibility index (Phi) is 6.21. The molecule has 1 aliphatic carbocycles. The van der Waals surface area contributed by atoms with E-state index in [2.05, 4.69) is 47.9 Å². The molecular weight excluding hydrogens is 376 g/mol. The molecule has 0 unspecified atom stereocenters. The van der Waals surface area contributed by atoms with Crippen molar-refractivity contribution in [3.05, 3.63) is 60.2 Å². The van der Waals surface area contributed by atoms with Gasteiger partial charge in [-0.25, -0.2) is 0 Å². The third kappa shape index (κ3) is 4.58. The van der Waals surface area contributed by atoms with E-state index in [0.717, 1.165) is 43.5 Å². The molecule has 0 saturated heterocycles. The molecule has 0 spiro atoms. The molecule has 0 bridgehead atoms. The number of hydrogen-bond acceptors (Lipinski definition) is 3. The van der Waals surface area contributed by atoms with Gasteiger partial charge in [-0.1, -0.05) is 42.5 Å². The van der Waals surface area contributed by atoms with Crippen LogP contribution in [0.15, 0.2) is 59.6 Å². The van der Waals surface area contributed by atoms with Crippen molar-refractivity contribution < 1.29 is 9.53 Å². The minimum Gasteiger partial charge on any atom is -0.482 e. The summed E-state index contributed by atoms with van der Waals surface area (Å²) in [6.45, 7) is 5.19. The van der Waals surface area contributed by atoms with E-state index < -0.39 is 0 Å². The summed E-state index contributed by atoms with van der Waals surface area (Å²) in [6, 6.07) is 18.4. The molecule has 6 nitrogen and oxygen atoms in total. The van der Waals surface area contributed by atoms with Crippen molar-refractivity contribution >= 4 is 17.6 Å². The lowest BCUT2D eigenvalue weighted by Gasteiger charge is -2.29. The maximum atomic E-state index is 12.3. The van der Waals surface area contributed by atoms with Crippen LogP contribution in [-0.2, 0) is 10.2 Å². The zero-order valence-corrected chi connectivity index (χ0v) is 17.6. The molecule has 4 rings (SSSR count). The Labute approximate surface area is 178 Å². The van der Waals surface area contributed by atoms with Crippen molar-refractivity contribution in [3.63, 3.8) is 0 Å². The summed E-state index contributed by atoms with van der Waals surface area (Å²) in [5.41, 5.74) is 2.44. The number of carbonyl (C=O) groups excluding carboxylic acids is 1. The number of carbonyl (C=O) groups is 1. The molecule has 0 radical (unpaired) electrons. The van der Waals surface area contributed by atoms with E-state index in [1.54, 1.807) is 0 Å². The Morgan fingerprint density at radius 1 is 1.10 bits per heavy atom. The molecule has 1 saturated carbocycles. The van der Waals surface area contributed by atoms with Gasteiger partial charge in [0.2, 0.25) is 0 Å². The van der Waals surface area contributed by atoms with Gasteiger partial charge in [0, 0.05) is 25.0 Å². The number of fused-ring (bicyclic) bond motifs is 1. The number of ether oxygens (including phenoxy) is 1. The second kappa shape index (κ2) is 9.20. The number of guanidine groups is 1. The molecule has 2 N–H and O–H groups in total. The normalized spacial score (nSPS) is 17.2. The third-order valence-corrected chi connectivity index (χ3v) is 5.78. The minimum absolute atomic E-state index is 0.00723. The fourth-order valence-corrected chi connectivity index (χ4v) is 3.90. The van der Waals surface area contributed by atoms with Gasteiger partial charge in [0.15, 0.2) is 12.6 Å². The molecule has 1 aliphatic heterocycles. The number of hydrogen-bond donors (Lipinski definition) is 2. The van der Waals surface area contributed by atoms with Crippen LogP contribution in [0.3, 0.4) is 0 Å². The molecule has 1 fully saturated rings. The number of para-hydroxylation sites is 2. The van der Waals surface area contributed by atoms with Crippen molar-refractivity contribution in [3.8, 4) is 5.75 Å². The monoisotopic (exact) mass is 406 g/mol. The van der Waals surface area contributed by atoms with Gasteiger partial charge < -0.3 is 20.3 Å². The fraction of sp³-hybridized carbons (Fsp3) is 0.417. The SMILES string of the molecule is CCNC(=NCC1(c2ccccc2)CC1)NCCCN1C(=O)COc2ccccc21. The Balaban J connectivity index is 1.31. The topological polar surface area (TPSA) is 66.0 Å². The van der Waals surface area contributed by atoms with Gasteiger partial charge in [-0.15, -0.1) is 0 Å². The van der Waals surface area contributed by atoms with Crippen LogP contribution in [0, 0.1) is 0 Å². The largest absolute Gasteiger partial charge is 0.482 e. The lowest BCUT2D eigenvalue weighted by atomic mass is 9.96. The highest BCUT2D eigenvalue weighted by Crippen LogP contribution is 2.48. The first-order valence-corrected chi connectivity index (χ1v) is 10.8. The van der Waals surface area contributed by atoms with Crippen molar-refractivity contribution in [2.45, 2.75) is 31.6 Å². The highest BCUT2D eigenvalue weighted by atomic mass is 16.5. The van der Waals surface area contributed by atoms with Crippen molar-refractivity contribution in [1.82, 2.24) is 10.6 Å². The first-order chi connectivity index (χ1) is 14.7. The highest BCUT2D eigenvalue weighted by molar-refractivity contribution is 5.97. The zero-order valence-electron chi connectivity index (χ0n) is 17.6. The van der Waals surface area contributed by atoms with Crippen LogP contribution in [0.1, 0.15) is 31.7 Å². The number of rotatable bonds is 8. The van der Waals surface area contributed by atoms with Gasteiger partial charge in [-0.2, -0.15) is 0 Å². The summed E-state index contributed by atoms with van der Waals surface area (Å²) in [6.07, 6.45) is 3.21. The highest BCUT2D eigenvalue weighted by Gasteiger charge is 2.43. The fourth-order valence-electron chi connectivity index (χ4n) is 3.90. The smallest absolute Gasteiger partial charge is 0.265 e. The summed E-state index contributed by atoms with van der Waals surface area (Å²) in [5.74, 6) is 1.62. The van der Waals surface area contributed by atoms with E-state index in [0.29, 0.717) is 6.54 Å². The average Bonchev–Trinajstić information content (AvgIpc) is 3.58. The number of benzene rings is 2. The Morgan fingerprint density at radius 3 is 2.63 bits per heavy atom. The third-order valence-electron chi connectivity index (χ3n) is 5.78. The van der Waals surface area contributed by atoms with Crippen LogP contribution in [0.5, 0.6) is 5.75 Å². The van der Waals surface area contributed by atoms with Crippen LogP contribution in [0.25, 0.3) is 0 Å². The molecule has 1 heterocycles. The number of nitrogens with zero attached hydrogens (tertiary/aromatic N) is 2. The van der Waals surface area contributed by atoms with E-state index in [4.69, 9.17) is 9.73 Å². The summed E-state index contributed by atoms with van der Waals surface area (Å²) >= 11 is 0. The first kappa shape index (κ1) is 20.3. The van der Waals surface area contributed by atoms with Crippen LogP contribution >= 0.6 is 0 Å². The summed E-state index contributed by atoms with van der Waals surface area (Å²) < 4.78 is 5.51. The average molecular weight is 407 g/mol.